The fourth-order valence-corrected chi connectivity index (χ4v) is 2.82. The Labute approximate surface area is 151 Å². The molecule has 2 nitrogen and oxygen atoms in total. The van der Waals surface area contributed by atoms with Gasteiger partial charge in [-0.15, -0.1) is 0 Å². The Morgan fingerprint density at radius 2 is 1.58 bits per heavy atom. The zero-order valence-electron chi connectivity index (χ0n) is 14.1. The van der Waals surface area contributed by atoms with Crippen LogP contribution in [0.15, 0.2) is 71.3 Å². The molecule has 3 heteroatoms. The minimum Gasteiger partial charge on any atom is -0.457 e. The minimum atomic E-state index is 0.0993. The summed E-state index contributed by atoms with van der Waals surface area (Å²) in [6.07, 6.45) is 1.87. The zero-order valence-corrected chi connectivity index (χ0v) is 15.7. The van der Waals surface area contributed by atoms with Crippen LogP contribution in [0.1, 0.15) is 26.3 Å². The second-order valence-corrected chi connectivity index (χ2v) is 7.68. The van der Waals surface area contributed by atoms with Crippen molar-refractivity contribution < 1.29 is 4.74 Å². The first kappa shape index (κ1) is 16.7. The summed E-state index contributed by atoms with van der Waals surface area (Å²) in [4.78, 5) is 4.52. The fraction of sp³-hybridized carbons (Fsp3) is 0.190. The van der Waals surface area contributed by atoms with Gasteiger partial charge in [-0.2, -0.15) is 0 Å². The fourth-order valence-electron chi connectivity index (χ4n) is 2.44. The predicted molar refractivity (Wildman–Crippen MR) is 103 cm³/mol. The first-order valence-electron chi connectivity index (χ1n) is 7.92. The van der Waals surface area contributed by atoms with Gasteiger partial charge in [0, 0.05) is 16.2 Å². The van der Waals surface area contributed by atoms with Gasteiger partial charge >= 0.3 is 0 Å². The minimum absolute atomic E-state index is 0.0993. The van der Waals surface area contributed by atoms with Gasteiger partial charge in [-0.1, -0.05) is 54.9 Å². The zero-order chi connectivity index (χ0) is 17.2. The SMILES string of the molecule is CC(C)(C)c1ccnc(-c2cccc(Oc3cccc(Br)c3)c2)c1. The number of ether oxygens (including phenoxy) is 1. The molecular formula is C21H20BrNO. The van der Waals surface area contributed by atoms with E-state index in [0.29, 0.717) is 0 Å². The second-order valence-electron chi connectivity index (χ2n) is 6.77. The summed E-state index contributed by atoms with van der Waals surface area (Å²) in [6, 6.07) is 20.1. The summed E-state index contributed by atoms with van der Waals surface area (Å²) in [5.74, 6) is 1.60. The van der Waals surface area contributed by atoms with Gasteiger partial charge in [-0.05, 0) is 53.4 Å². The summed E-state index contributed by atoms with van der Waals surface area (Å²) in [5.41, 5.74) is 3.38. The Morgan fingerprint density at radius 1 is 0.875 bits per heavy atom. The number of aromatic nitrogens is 1. The first-order chi connectivity index (χ1) is 11.4. The molecule has 0 radical (unpaired) electrons. The monoisotopic (exact) mass is 381 g/mol. The maximum Gasteiger partial charge on any atom is 0.128 e. The van der Waals surface area contributed by atoms with Gasteiger partial charge in [0.2, 0.25) is 0 Å². The van der Waals surface area contributed by atoms with Crippen molar-refractivity contribution in [3.05, 3.63) is 76.9 Å². The van der Waals surface area contributed by atoms with E-state index in [9.17, 15) is 0 Å². The molecule has 24 heavy (non-hydrogen) atoms. The van der Waals surface area contributed by atoms with Gasteiger partial charge in [0.15, 0.2) is 0 Å². The predicted octanol–water partition coefficient (Wildman–Crippen LogP) is 6.60. The highest BCUT2D eigenvalue weighted by atomic mass is 79.9. The van der Waals surface area contributed by atoms with E-state index in [0.717, 1.165) is 27.2 Å². The molecule has 0 saturated carbocycles. The Balaban J connectivity index is 1.91. The Bertz CT molecular complexity index is 852. The van der Waals surface area contributed by atoms with Crippen LogP contribution in [0, 0.1) is 0 Å². The number of halogens is 1. The van der Waals surface area contributed by atoms with Crippen LogP contribution in [-0.2, 0) is 5.41 Å². The largest absolute Gasteiger partial charge is 0.457 e. The van der Waals surface area contributed by atoms with Crippen LogP contribution in [-0.4, -0.2) is 4.98 Å². The lowest BCUT2D eigenvalue weighted by atomic mass is 9.87. The molecule has 1 aromatic heterocycles. The van der Waals surface area contributed by atoms with Crippen molar-refractivity contribution in [3.8, 4) is 22.8 Å². The molecule has 0 unspecified atom stereocenters. The average molecular weight is 382 g/mol. The third-order valence-corrected chi connectivity index (χ3v) is 4.28. The smallest absolute Gasteiger partial charge is 0.128 e. The van der Waals surface area contributed by atoms with Gasteiger partial charge in [0.05, 0.1) is 5.69 Å². The van der Waals surface area contributed by atoms with Crippen LogP contribution in [0.5, 0.6) is 11.5 Å². The van der Waals surface area contributed by atoms with E-state index in [4.69, 9.17) is 4.74 Å². The number of benzene rings is 2. The summed E-state index contributed by atoms with van der Waals surface area (Å²) >= 11 is 3.46. The van der Waals surface area contributed by atoms with Gasteiger partial charge in [0.25, 0.3) is 0 Å². The lowest BCUT2D eigenvalue weighted by Gasteiger charge is -2.19. The molecule has 0 bridgehead atoms. The molecule has 0 aliphatic carbocycles. The quantitative estimate of drug-likeness (QED) is 0.509. The molecule has 0 aliphatic rings. The van der Waals surface area contributed by atoms with Crippen molar-refractivity contribution in [2.45, 2.75) is 26.2 Å². The molecule has 0 amide bonds. The van der Waals surface area contributed by atoms with E-state index in [1.165, 1.54) is 5.56 Å². The second kappa shape index (κ2) is 6.78. The van der Waals surface area contributed by atoms with Gasteiger partial charge in [-0.25, -0.2) is 0 Å². The van der Waals surface area contributed by atoms with Crippen molar-refractivity contribution in [1.29, 1.82) is 0 Å². The van der Waals surface area contributed by atoms with Crippen molar-refractivity contribution in [1.82, 2.24) is 4.98 Å². The molecular weight excluding hydrogens is 362 g/mol. The summed E-state index contributed by atoms with van der Waals surface area (Å²) < 4.78 is 6.96. The van der Waals surface area contributed by atoms with Crippen molar-refractivity contribution in [3.63, 3.8) is 0 Å². The number of rotatable bonds is 3. The summed E-state index contributed by atoms with van der Waals surface area (Å²) in [5, 5.41) is 0. The molecule has 3 aromatic rings. The van der Waals surface area contributed by atoms with E-state index in [1.807, 2.05) is 48.7 Å². The van der Waals surface area contributed by atoms with Gasteiger partial charge < -0.3 is 4.74 Å². The standard InChI is InChI=1S/C21H20BrNO/c1-21(2,3)16-10-11-23-20(13-16)15-6-4-8-18(12-15)24-19-9-5-7-17(22)14-19/h4-14H,1-3H3. The number of hydrogen-bond donors (Lipinski definition) is 0. The molecule has 2 aromatic carbocycles. The van der Waals surface area contributed by atoms with Crippen molar-refractivity contribution >= 4 is 15.9 Å². The first-order valence-corrected chi connectivity index (χ1v) is 8.71. The molecule has 0 aliphatic heterocycles. The van der Waals surface area contributed by atoms with Crippen LogP contribution in [0.3, 0.4) is 0 Å². The highest BCUT2D eigenvalue weighted by Gasteiger charge is 2.14. The summed E-state index contributed by atoms with van der Waals surface area (Å²) in [7, 11) is 0. The molecule has 3 rings (SSSR count). The Morgan fingerprint density at radius 3 is 2.29 bits per heavy atom. The molecule has 0 N–H and O–H groups in total. The lowest BCUT2D eigenvalue weighted by Crippen LogP contribution is -2.11. The normalized spacial score (nSPS) is 11.3. The third kappa shape index (κ3) is 4.04. The van der Waals surface area contributed by atoms with E-state index >= 15 is 0 Å². The Kier molecular flexibility index (Phi) is 4.72. The van der Waals surface area contributed by atoms with Crippen LogP contribution in [0.4, 0.5) is 0 Å². The van der Waals surface area contributed by atoms with E-state index < -0.39 is 0 Å². The molecule has 0 saturated heterocycles. The van der Waals surface area contributed by atoms with E-state index in [-0.39, 0.29) is 5.41 Å². The molecule has 122 valence electrons. The molecule has 0 atom stereocenters. The van der Waals surface area contributed by atoms with Crippen LogP contribution in [0.2, 0.25) is 0 Å². The maximum atomic E-state index is 5.96. The average Bonchev–Trinajstić information content (AvgIpc) is 2.54. The van der Waals surface area contributed by atoms with Crippen LogP contribution < -0.4 is 4.74 Å². The van der Waals surface area contributed by atoms with Crippen molar-refractivity contribution in [2.24, 2.45) is 0 Å². The lowest BCUT2D eigenvalue weighted by molar-refractivity contribution is 0.482. The van der Waals surface area contributed by atoms with Crippen LogP contribution in [0.25, 0.3) is 11.3 Å². The van der Waals surface area contributed by atoms with Gasteiger partial charge in [0.1, 0.15) is 11.5 Å². The van der Waals surface area contributed by atoms with E-state index in [1.54, 1.807) is 0 Å². The highest BCUT2D eigenvalue weighted by molar-refractivity contribution is 9.10. The highest BCUT2D eigenvalue weighted by Crippen LogP contribution is 2.30. The number of hydrogen-bond acceptors (Lipinski definition) is 2. The van der Waals surface area contributed by atoms with Crippen LogP contribution >= 0.6 is 15.9 Å². The third-order valence-electron chi connectivity index (χ3n) is 3.79. The van der Waals surface area contributed by atoms with E-state index in [2.05, 4.69) is 59.9 Å². The number of nitrogens with zero attached hydrogens (tertiary/aromatic N) is 1. The summed E-state index contributed by atoms with van der Waals surface area (Å²) in [6.45, 7) is 6.62. The molecule has 1 heterocycles. The Hall–Kier alpha value is -2.13. The maximum absolute atomic E-state index is 5.96. The number of pyridine rings is 1. The van der Waals surface area contributed by atoms with Gasteiger partial charge in [-0.3, -0.25) is 4.98 Å². The molecule has 0 spiro atoms. The topological polar surface area (TPSA) is 22.1 Å². The molecule has 0 fully saturated rings. The van der Waals surface area contributed by atoms with Crippen molar-refractivity contribution in [2.75, 3.05) is 0 Å².